The van der Waals surface area contributed by atoms with Crippen LogP contribution in [-0.4, -0.2) is 24.1 Å². The summed E-state index contributed by atoms with van der Waals surface area (Å²) in [6, 6.07) is 9.84. The zero-order valence-corrected chi connectivity index (χ0v) is 17.0. The van der Waals surface area contributed by atoms with Crippen molar-refractivity contribution in [3.63, 3.8) is 0 Å². The average Bonchev–Trinajstić information content (AvgIpc) is 3.29. The zero-order chi connectivity index (χ0) is 19.8. The molecule has 6 nitrogen and oxygen atoms in total. The topological polar surface area (TPSA) is 73.6 Å². The van der Waals surface area contributed by atoms with Crippen LogP contribution in [0.4, 0.5) is 0 Å². The van der Waals surface area contributed by atoms with Gasteiger partial charge in [-0.1, -0.05) is 12.1 Å². The van der Waals surface area contributed by atoms with Gasteiger partial charge in [0.15, 0.2) is 11.5 Å². The summed E-state index contributed by atoms with van der Waals surface area (Å²) in [5.41, 5.74) is 1.74. The second-order valence-electron chi connectivity index (χ2n) is 7.46. The van der Waals surface area contributed by atoms with Crippen molar-refractivity contribution in [1.29, 1.82) is 0 Å². The molecule has 1 aliphatic carbocycles. The fourth-order valence-corrected chi connectivity index (χ4v) is 4.28. The predicted molar refractivity (Wildman–Crippen MR) is 109 cm³/mol. The molecule has 0 bridgehead atoms. The first-order valence-corrected chi connectivity index (χ1v) is 10.7. The Hall–Kier alpha value is -2.80. The van der Waals surface area contributed by atoms with Gasteiger partial charge in [-0.25, -0.2) is 4.98 Å². The number of carbonyl (C=O) groups is 1. The van der Waals surface area contributed by atoms with E-state index in [2.05, 4.69) is 10.3 Å². The van der Waals surface area contributed by atoms with Crippen LogP contribution in [0.1, 0.15) is 35.9 Å². The van der Waals surface area contributed by atoms with Crippen molar-refractivity contribution in [2.24, 2.45) is 5.92 Å². The van der Waals surface area contributed by atoms with Crippen LogP contribution in [0, 0.1) is 12.8 Å². The van der Waals surface area contributed by atoms with Crippen molar-refractivity contribution in [2.75, 3.05) is 13.2 Å². The summed E-state index contributed by atoms with van der Waals surface area (Å²) in [6.07, 6.45) is 2.43. The number of thiophene rings is 1. The van der Waals surface area contributed by atoms with Crippen molar-refractivity contribution < 1.29 is 18.7 Å². The molecule has 1 unspecified atom stereocenters. The summed E-state index contributed by atoms with van der Waals surface area (Å²) in [5, 5.41) is 5.19. The fraction of sp³-hybridized carbons (Fsp3) is 0.364. The van der Waals surface area contributed by atoms with Gasteiger partial charge < -0.3 is 19.2 Å². The van der Waals surface area contributed by atoms with E-state index in [0.29, 0.717) is 36.5 Å². The van der Waals surface area contributed by atoms with Crippen LogP contribution in [0.25, 0.3) is 10.8 Å². The Labute approximate surface area is 172 Å². The van der Waals surface area contributed by atoms with E-state index < -0.39 is 0 Å². The molecule has 1 saturated carbocycles. The van der Waals surface area contributed by atoms with Gasteiger partial charge in [-0.05, 0) is 54.8 Å². The average molecular weight is 410 g/mol. The van der Waals surface area contributed by atoms with E-state index in [1.165, 1.54) is 0 Å². The molecule has 2 aliphatic rings. The Balaban J connectivity index is 1.31. The molecule has 150 valence electrons. The van der Waals surface area contributed by atoms with Crippen molar-refractivity contribution in [3.05, 3.63) is 52.7 Å². The molecule has 0 spiro atoms. The monoisotopic (exact) mass is 410 g/mol. The number of aryl methyl sites for hydroxylation is 1. The highest BCUT2D eigenvalue weighted by molar-refractivity contribution is 7.13. The van der Waals surface area contributed by atoms with Gasteiger partial charge in [0.1, 0.15) is 19.0 Å². The first kappa shape index (κ1) is 18.2. The van der Waals surface area contributed by atoms with Crippen molar-refractivity contribution in [2.45, 2.75) is 32.2 Å². The second-order valence-corrected chi connectivity index (χ2v) is 8.41. The van der Waals surface area contributed by atoms with Gasteiger partial charge in [-0.15, -0.1) is 11.3 Å². The fourth-order valence-electron chi connectivity index (χ4n) is 3.63. The van der Waals surface area contributed by atoms with Gasteiger partial charge in [-0.2, -0.15) is 0 Å². The van der Waals surface area contributed by atoms with E-state index >= 15 is 0 Å². The predicted octanol–water partition coefficient (Wildman–Crippen LogP) is 4.29. The molecule has 7 heteroatoms. The van der Waals surface area contributed by atoms with E-state index in [9.17, 15) is 4.79 Å². The minimum atomic E-state index is -0.0501. The highest BCUT2D eigenvalue weighted by atomic mass is 32.1. The number of ether oxygens (including phenoxy) is 2. The molecule has 1 amide bonds. The van der Waals surface area contributed by atoms with Crippen LogP contribution in [0.5, 0.6) is 11.5 Å². The van der Waals surface area contributed by atoms with Gasteiger partial charge >= 0.3 is 0 Å². The number of hydrogen-bond donors (Lipinski definition) is 1. The lowest BCUT2D eigenvalue weighted by molar-refractivity contribution is -0.121. The van der Waals surface area contributed by atoms with Crippen molar-refractivity contribution in [3.8, 4) is 22.3 Å². The largest absolute Gasteiger partial charge is 0.486 e. The summed E-state index contributed by atoms with van der Waals surface area (Å²) < 4.78 is 17.1. The molecule has 2 aromatic heterocycles. The summed E-state index contributed by atoms with van der Waals surface area (Å²) in [7, 11) is 0. The lowest BCUT2D eigenvalue weighted by atomic mass is 10.0. The van der Waals surface area contributed by atoms with E-state index in [1.807, 2.05) is 42.6 Å². The Morgan fingerprint density at radius 3 is 2.83 bits per heavy atom. The maximum Gasteiger partial charge on any atom is 0.236 e. The number of rotatable bonds is 6. The third-order valence-corrected chi connectivity index (χ3v) is 6.15. The quantitative estimate of drug-likeness (QED) is 0.656. The first-order chi connectivity index (χ1) is 14.2. The highest BCUT2D eigenvalue weighted by Gasteiger charge is 2.34. The molecule has 1 aromatic carbocycles. The van der Waals surface area contributed by atoms with Crippen LogP contribution in [0.3, 0.4) is 0 Å². The van der Waals surface area contributed by atoms with Crippen LogP contribution in [0.2, 0.25) is 0 Å². The molecule has 1 atom stereocenters. The number of hydrogen-bond acceptors (Lipinski definition) is 6. The van der Waals surface area contributed by atoms with Crippen LogP contribution in [0.15, 0.2) is 40.1 Å². The molecule has 0 radical (unpaired) electrons. The standard InChI is InChI=1S/C22H22N2O4S/c1-13-16(23-22(28-13)19-3-2-10-29-19)12-20(25)24-21(14-4-5-14)15-6-7-17-18(11-15)27-9-8-26-17/h2-3,6-7,10-11,14,21H,4-5,8-9,12H2,1H3,(H,24,25). The van der Waals surface area contributed by atoms with Gasteiger partial charge in [0.05, 0.1) is 23.0 Å². The van der Waals surface area contributed by atoms with Gasteiger partial charge in [0.2, 0.25) is 11.8 Å². The van der Waals surface area contributed by atoms with Gasteiger partial charge in [0.25, 0.3) is 0 Å². The van der Waals surface area contributed by atoms with E-state index in [1.54, 1.807) is 11.3 Å². The molecular formula is C22H22N2O4S. The Kier molecular flexibility index (Phi) is 4.75. The smallest absolute Gasteiger partial charge is 0.236 e. The van der Waals surface area contributed by atoms with Crippen LogP contribution >= 0.6 is 11.3 Å². The molecule has 3 heterocycles. The third kappa shape index (κ3) is 3.87. The van der Waals surface area contributed by atoms with Gasteiger partial charge in [-0.3, -0.25) is 4.79 Å². The summed E-state index contributed by atoms with van der Waals surface area (Å²) >= 11 is 1.57. The minimum Gasteiger partial charge on any atom is -0.486 e. The lowest BCUT2D eigenvalue weighted by Crippen LogP contribution is -2.31. The Morgan fingerprint density at radius 2 is 2.07 bits per heavy atom. The van der Waals surface area contributed by atoms with E-state index in [-0.39, 0.29) is 18.4 Å². The van der Waals surface area contributed by atoms with Gasteiger partial charge in [0, 0.05) is 0 Å². The first-order valence-electron chi connectivity index (χ1n) is 9.86. The lowest BCUT2D eigenvalue weighted by Gasteiger charge is -2.23. The SMILES string of the molecule is Cc1oc(-c2cccs2)nc1CC(=O)NC(c1ccc2c(c1)OCCO2)C1CC1. The summed E-state index contributed by atoms with van der Waals surface area (Å²) in [6.45, 7) is 2.97. The minimum absolute atomic E-state index is 0.0256. The van der Waals surface area contributed by atoms with E-state index in [0.717, 1.165) is 34.8 Å². The maximum absolute atomic E-state index is 12.8. The summed E-state index contributed by atoms with van der Waals surface area (Å²) in [5.74, 6) is 3.19. The number of oxazole rings is 1. The van der Waals surface area contributed by atoms with Crippen molar-refractivity contribution >= 4 is 17.2 Å². The normalized spacial score (nSPS) is 16.4. The maximum atomic E-state index is 12.8. The molecule has 5 rings (SSSR count). The second kappa shape index (κ2) is 7.55. The molecule has 1 fully saturated rings. The van der Waals surface area contributed by atoms with Crippen molar-refractivity contribution in [1.82, 2.24) is 10.3 Å². The molecule has 0 saturated heterocycles. The number of carbonyl (C=O) groups excluding carboxylic acids is 1. The number of amides is 1. The number of nitrogens with zero attached hydrogens (tertiary/aromatic N) is 1. The Bertz CT molecular complexity index is 1020. The number of fused-ring (bicyclic) bond motifs is 1. The molecule has 1 N–H and O–H groups in total. The molecule has 1 aliphatic heterocycles. The number of benzene rings is 1. The third-order valence-electron chi connectivity index (χ3n) is 5.29. The molecule has 3 aromatic rings. The number of nitrogens with one attached hydrogen (secondary N) is 1. The molecular weight excluding hydrogens is 388 g/mol. The number of aromatic nitrogens is 1. The van der Waals surface area contributed by atoms with Crippen LogP contribution < -0.4 is 14.8 Å². The van der Waals surface area contributed by atoms with E-state index in [4.69, 9.17) is 13.9 Å². The summed E-state index contributed by atoms with van der Waals surface area (Å²) in [4.78, 5) is 18.3. The van der Waals surface area contributed by atoms with Crippen LogP contribution in [-0.2, 0) is 11.2 Å². The zero-order valence-electron chi connectivity index (χ0n) is 16.1. The highest BCUT2D eigenvalue weighted by Crippen LogP contribution is 2.43. The Morgan fingerprint density at radius 1 is 1.24 bits per heavy atom. The molecule has 29 heavy (non-hydrogen) atoms.